The first-order valence-corrected chi connectivity index (χ1v) is 8.09. The zero-order chi connectivity index (χ0) is 19.8. The van der Waals surface area contributed by atoms with Crippen LogP contribution in [-0.2, 0) is 12.7 Å². The number of carbonyl (C=O) groups is 1. The molecule has 3 rings (SSSR count). The number of carbonyl (C=O) groups excluding carboxylic acids is 1. The Balaban J connectivity index is 1.79. The fourth-order valence-corrected chi connectivity index (χ4v) is 2.65. The topological polar surface area (TPSA) is 72.1 Å². The number of anilines is 1. The van der Waals surface area contributed by atoms with Gasteiger partial charge in [-0.25, -0.2) is 4.98 Å². The van der Waals surface area contributed by atoms with Crippen LogP contribution in [-0.4, -0.2) is 27.8 Å². The molecule has 140 valence electrons. The van der Waals surface area contributed by atoms with Crippen LogP contribution >= 0.6 is 0 Å². The normalized spacial score (nSPS) is 11.6. The third-order valence-corrected chi connectivity index (χ3v) is 4.19. The minimum atomic E-state index is -4.44. The standard InChI is InChI=1S/C19H17F3N4O/c1-11-7-13-8-12(3-6-16(13)25-17(11)23)18(27)26(2)10-15-5-4-14(9-24-15)19(20,21)22/h3-9H,10H2,1-2H3,(H2,23,25). The predicted octanol–water partition coefficient (Wildman–Crippen LogP) is 3.81. The molecule has 0 saturated heterocycles. The van der Waals surface area contributed by atoms with Gasteiger partial charge < -0.3 is 10.6 Å². The lowest BCUT2D eigenvalue weighted by atomic mass is 10.1. The van der Waals surface area contributed by atoms with E-state index in [1.807, 2.05) is 13.0 Å². The molecule has 8 heteroatoms. The van der Waals surface area contributed by atoms with E-state index in [2.05, 4.69) is 9.97 Å². The molecule has 2 N–H and O–H groups in total. The maximum Gasteiger partial charge on any atom is 0.417 e. The van der Waals surface area contributed by atoms with Gasteiger partial charge in [-0.3, -0.25) is 9.78 Å². The molecule has 2 aromatic heterocycles. The number of halogens is 3. The summed E-state index contributed by atoms with van der Waals surface area (Å²) in [5, 5.41) is 0.786. The van der Waals surface area contributed by atoms with E-state index in [0.717, 1.165) is 23.2 Å². The van der Waals surface area contributed by atoms with Gasteiger partial charge in [0.05, 0.1) is 23.3 Å². The van der Waals surface area contributed by atoms with Gasteiger partial charge in [0.1, 0.15) is 5.82 Å². The smallest absolute Gasteiger partial charge is 0.383 e. The van der Waals surface area contributed by atoms with Crippen molar-refractivity contribution in [2.45, 2.75) is 19.6 Å². The van der Waals surface area contributed by atoms with Crippen molar-refractivity contribution >= 4 is 22.6 Å². The van der Waals surface area contributed by atoms with Crippen LogP contribution < -0.4 is 5.73 Å². The molecule has 5 nitrogen and oxygen atoms in total. The maximum absolute atomic E-state index is 12.6. The molecule has 0 saturated carbocycles. The number of benzene rings is 1. The molecule has 0 aliphatic rings. The van der Waals surface area contributed by atoms with Crippen molar-refractivity contribution in [2.24, 2.45) is 0 Å². The van der Waals surface area contributed by atoms with Gasteiger partial charge >= 0.3 is 6.18 Å². The Hall–Kier alpha value is -3.16. The molecule has 2 heterocycles. The SMILES string of the molecule is Cc1cc2cc(C(=O)N(C)Cc3ccc(C(F)(F)F)cn3)ccc2nc1N. The maximum atomic E-state index is 12.6. The number of aromatic nitrogens is 2. The molecule has 0 unspecified atom stereocenters. The second kappa shape index (κ2) is 6.86. The van der Waals surface area contributed by atoms with Crippen molar-refractivity contribution in [3.63, 3.8) is 0 Å². The molecule has 0 aliphatic carbocycles. The fraction of sp³-hybridized carbons (Fsp3) is 0.211. The summed E-state index contributed by atoms with van der Waals surface area (Å²) in [5.41, 5.74) is 7.28. The predicted molar refractivity (Wildman–Crippen MR) is 95.9 cm³/mol. The molecule has 0 aliphatic heterocycles. The van der Waals surface area contributed by atoms with Crippen molar-refractivity contribution < 1.29 is 18.0 Å². The van der Waals surface area contributed by atoms with Crippen LogP contribution in [0.3, 0.4) is 0 Å². The summed E-state index contributed by atoms with van der Waals surface area (Å²) in [6.45, 7) is 1.92. The monoisotopic (exact) mass is 374 g/mol. The van der Waals surface area contributed by atoms with E-state index < -0.39 is 11.7 Å². The molecule has 0 fully saturated rings. The number of amides is 1. The van der Waals surface area contributed by atoms with Gasteiger partial charge in [0, 0.05) is 24.2 Å². The first-order chi connectivity index (χ1) is 12.6. The third kappa shape index (κ3) is 3.99. The summed E-state index contributed by atoms with van der Waals surface area (Å²) in [4.78, 5) is 22.1. The molecule has 0 atom stereocenters. The Bertz CT molecular complexity index is 1000. The fourth-order valence-electron chi connectivity index (χ4n) is 2.65. The number of nitrogen functional groups attached to an aromatic ring is 1. The van der Waals surface area contributed by atoms with Crippen molar-refractivity contribution in [3.05, 3.63) is 65.0 Å². The molecule has 1 amide bonds. The summed E-state index contributed by atoms with van der Waals surface area (Å²) in [6, 6.07) is 9.14. The number of nitrogens with zero attached hydrogens (tertiary/aromatic N) is 3. The average molecular weight is 374 g/mol. The average Bonchev–Trinajstić information content (AvgIpc) is 2.61. The van der Waals surface area contributed by atoms with E-state index in [-0.39, 0.29) is 12.5 Å². The highest BCUT2D eigenvalue weighted by Crippen LogP contribution is 2.28. The molecule has 0 bridgehead atoms. The number of alkyl halides is 3. The number of hydrogen-bond acceptors (Lipinski definition) is 4. The lowest BCUT2D eigenvalue weighted by Gasteiger charge is -2.17. The molecular weight excluding hydrogens is 357 g/mol. The summed E-state index contributed by atoms with van der Waals surface area (Å²) in [5.74, 6) is 0.167. The summed E-state index contributed by atoms with van der Waals surface area (Å²) < 4.78 is 37.8. The van der Waals surface area contributed by atoms with E-state index in [0.29, 0.717) is 22.6 Å². The first-order valence-electron chi connectivity index (χ1n) is 8.09. The van der Waals surface area contributed by atoms with Crippen LogP contribution in [0.5, 0.6) is 0 Å². The third-order valence-electron chi connectivity index (χ3n) is 4.19. The van der Waals surface area contributed by atoms with Gasteiger partial charge in [-0.15, -0.1) is 0 Å². The highest BCUT2D eigenvalue weighted by molar-refractivity contribution is 5.98. The van der Waals surface area contributed by atoms with E-state index in [1.165, 1.54) is 11.0 Å². The van der Waals surface area contributed by atoms with Gasteiger partial charge in [0.25, 0.3) is 5.91 Å². The number of rotatable bonds is 3. The number of nitrogens with two attached hydrogens (primary N) is 1. The molecule has 3 aromatic rings. The van der Waals surface area contributed by atoms with Gasteiger partial charge in [0.2, 0.25) is 0 Å². The molecule has 0 radical (unpaired) electrons. The van der Waals surface area contributed by atoms with Gasteiger partial charge in [-0.05, 0) is 48.9 Å². The van der Waals surface area contributed by atoms with Crippen molar-refractivity contribution in [3.8, 4) is 0 Å². The van der Waals surface area contributed by atoms with Crippen LogP contribution in [0, 0.1) is 6.92 Å². The van der Waals surface area contributed by atoms with Crippen molar-refractivity contribution in [2.75, 3.05) is 12.8 Å². The lowest BCUT2D eigenvalue weighted by Crippen LogP contribution is -2.26. The summed E-state index contributed by atoms with van der Waals surface area (Å²) >= 11 is 0. The van der Waals surface area contributed by atoms with Crippen LogP contribution in [0.2, 0.25) is 0 Å². The Kier molecular flexibility index (Phi) is 4.73. The van der Waals surface area contributed by atoms with Crippen LogP contribution in [0.25, 0.3) is 10.9 Å². The van der Waals surface area contributed by atoms with Crippen LogP contribution in [0.1, 0.15) is 27.2 Å². The quantitative estimate of drug-likeness (QED) is 0.757. The number of hydrogen-bond donors (Lipinski definition) is 1. The molecular formula is C19H17F3N4O. The number of aryl methyl sites for hydroxylation is 1. The molecule has 27 heavy (non-hydrogen) atoms. The van der Waals surface area contributed by atoms with E-state index in [4.69, 9.17) is 5.73 Å². The first kappa shape index (κ1) is 18.6. The van der Waals surface area contributed by atoms with Gasteiger partial charge in [-0.2, -0.15) is 13.2 Å². The van der Waals surface area contributed by atoms with Crippen LogP contribution in [0.15, 0.2) is 42.6 Å². The lowest BCUT2D eigenvalue weighted by molar-refractivity contribution is -0.137. The minimum Gasteiger partial charge on any atom is -0.383 e. The Morgan fingerprint density at radius 1 is 1.19 bits per heavy atom. The van der Waals surface area contributed by atoms with Crippen LogP contribution in [0.4, 0.5) is 19.0 Å². The van der Waals surface area contributed by atoms with E-state index in [1.54, 1.807) is 25.2 Å². The van der Waals surface area contributed by atoms with Crippen molar-refractivity contribution in [1.29, 1.82) is 0 Å². The Labute approximate surface area is 153 Å². The molecule has 0 spiro atoms. The largest absolute Gasteiger partial charge is 0.417 e. The van der Waals surface area contributed by atoms with E-state index >= 15 is 0 Å². The number of fused-ring (bicyclic) bond motifs is 1. The van der Waals surface area contributed by atoms with E-state index in [9.17, 15) is 18.0 Å². The number of pyridine rings is 2. The zero-order valence-corrected chi connectivity index (χ0v) is 14.7. The highest BCUT2D eigenvalue weighted by Gasteiger charge is 2.30. The second-order valence-electron chi connectivity index (χ2n) is 6.30. The Morgan fingerprint density at radius 2 is 1.93 bits per heavy atom. The minimum absolute atomic E-state index is 0.0913. The van der Waals surface area contributed by atoms with Gasteiger partial charge in [-0.1, -0.05) is 0 Å². The van der Waals surface area contributed by atoms with Gasteiger partial charge in [0.15, 0.2) is 0 Å². The highest BCUT2D eigenvalue weighted by atomic mass is 19.4. The Morgan fingerprint density at radius 3 is 2.56 bits per heavy atom. The van der Waals surface area contributed by atoms with Crippen molar-refractivity contribution in [1.82, 2.24) is 14.9 Å². The summed E-state index contributed by atoms with van der Waals surface area (Å²) in [7, 11) is 1.57. The summed E-state index contributed by atoms with van der Waals surface area (Å²) in [6.07, 6.45) is -3.67. The second-order valence-corrected chi connectivity index (χ2v) is 6.30. The zero-order valence-electron chi connectivity index (χ0n) is 14.7. The molecule has 1 aromatic carbocycles.